The van der Waals surface area contributed by atoms with Gasteiger partial charge in [0, 0.05) is 18.2 Å². The molecule has 0 aliphatic carbocycles. The molecule has 22 heavy (non-hydrogen) atoms. The average molecular weight is 325 g/mol. The Hall–Kier alpha value is -2.47. The number of nitrogens with zero attached hydrogens (tertiary/aromatic N) is 2. The Kier molecular flexibility index (Phi) is 6.47. The topological polar surface area (TPSA) is 62.8 Å². The first kappa shape index (κ1) is 17.6. The summed E-state index contributed by atoms with van der Waals surface area (Å²) < 4.78 is 26.1. The van der Waals surface area contributed by atoms with E-state index in [0.717, 1.165) is 0 Å². The first-order valence-electron chi connectivity index (χ1n) is 6.18. The van der Waals surface area contributed by atoms with Gasteiger partial charge in [0.1, 0.15) is 11.6 Å². The lowest BCUT2D eigenvalue weighted by atomic mass is 10.0. The lowest BCUT2D eigenvalue weighted by Gasteiger charge is -2.08. The molecule has 0 aliphatic heterocycles. The van der Waals surface area contributed by atoms with Gasteiger partial charge in [0.15, 0.2) is 0 Å². The van der Waals surface area contributed by atoms with Crippen LogP contribution in [0.25, 0.3) is 0 Å². The number of hydrogen-bond donors (Lipinski definition) is 2. The van der Waals surface area contributed by atoms with Crippen LogP contribution >= 0.6 is 12.4 Å². The Bertz CT molecular complexity index is 619. The van der Waals surface area contributed by atoms with E-state index in [-0.39, 0.29) is 30.0 Å². The minimum Gasteiger partial charge on any atom is -0.369 e. The summed E-state index contributed by atoms with van der Waals surface area (Å²) in [5.41, 5.74) is 9.96. The molecule has 0 radical (unpaired) electrons. The van der Waals surface area contributed by atoms with Gasteiger partial charge in [-0.2, -0.15) is 5.10 Å². The Morgan fingerprint density at radius 2 is 1.32 bits per heavy atom. The van der Waals surface area contributed by atoms with Gasteiger partial charge in [-0.3, -0.25) is 4.99 Å². The monoisotopic (exact) mass is 324 g/mol. The van der Waals surface area contributed by atoms with Crippen LogP contribution in [-0.4, -0.2) is 18.7 Å². The summed E-state index contributed by atoms with van der Waals surface area (Å²) in [7, 11) is 1.52. The molecule has 0 fully saturated rings. The molecule has 0 unspecified atom stereocenters. The normalized spacial score (nSPS) is 10.6. The largest absolute Gasteiger partial charge is 0.369 e. The van der Waals surface area contributed by atoms with Gasteiger partial charge in [-0.25, -0.2) is 14.2 Å². The fourth-order valence-electron chi connectivity index (χ4n) is 1.67. The van der Waals surface area contributed by atoms with E-state index in [1.54, 1.807) is 24.3 Å². The maximum atomic E-state index is 13.0. The van der Waals surface area contributed by atoms with E-state index in [4.69, 9.17) is 5.73 Å². The summed E-state index contributed by atoms with van der Waals surface area (Å²) in [6, 6.07) is 11.6. The first-order chi connectivity index (χ1) is 10.1. The molecule has 0 heterocycles. The fraction of sp³-hybridized carbons (Fsp3) is 0.0667. The van der Waals surface area contributed by atoms with Crippen molar-refractivity contribution < 1.29 is 8.78 Å². The van der Waals surface area contributed by atoms with Gasteiger partial charge in [0.05, 0.1) is 5.71 Å². The van der Waals surface area contributed by atoms with Gasteiger partial charge in [-0.05, 0) is 48.5 Å². The standard InChI is InChI=1S/C15H14F2N4.ClH/c1-19-15(18)21-20-14(10-2-6-12(16)7-3-10)11-4-8-13(17)9-5-11;/h2-9H,1H3,(H3,18,19,21);1H. The van der Waals surface area contributed by atoms with Crippen molar-refractivity contribution in [3.05, 3.63) is 71.3 Å². The Morgan fingerprint density at radius 3 is 1.68 bits per heavy atom. The molecule has 0 bridgehead atoms. The third kappa shape index (κ3) is 4.53. The zero-order valence-electron chi connectivity index (χ0n) is 11.8. The molecule has 0 spiro atoms. The lowest BCUT2D eigenvalue weighted by molar-refractivity contribution is 0.627. The predicted octanol–water partition coefficient (Wildman–Crippen LogP) is 2.67. The van der Waals surface area contributed by atoms with Crippen molar-refractivity contribution in [2.45, 2.75) is 0 Å². The third-order valence-corrected chi connectivity index (χ3v) is 2.76. The van der Waals surface area contributed by atoms with Crippen LogP contribution in [0.1, 0.15) is 11.1 Å². The molecule has 4 nitrogen and oxygen atoms in total. The van der Waals surface area contributed by atoms with Crippen molar-refractivity contribution in [1.29, 1.82) is 0 Å². The molecular formula is C15H15ClF2N4. The molecule has 0 aliphatic rings. The van der Waals surface area contributed by atoms with Crippen molar-refractivity contribution >= 4 is 24.1 Å². The molecule has 3 N–H and O–H groups in total. The summed E-state index contributed by atoms with van der Waals surface area (Å²) >= 11 is 0. The van der Waals surface area contributed by atoms with E-state index in [0.29, 0.717) is 16.8 Å². The summed E-state index contributed by atoms with van der Waals surface area (Å²) in [6.45, 7) is 0. The highest BCUT2D eigenvalue weighted by atomic mass is 35.5. The molecule has 2 aromatic carbocycles. The molecule has 0 saturated heterocycles. The Balaban J connectivity index is 0.00000242. The number of rotatable bonds is 3. The molecule has 7 heteroatoms. The lowest BCUT2D eigenvalue weighted by Crippen LogP contribution is -2.28. The van der Waals surface area contributed by atoms with Gasteiger partial charge in [0.2, 0.25) is 5.96 Å². The molecule has 116 valence electrons. The first-order valence-corrected chi connectivity index (χ1v) is 6.18. The quantitative estimate of drug-likeness (QED) is 0.518. The van der Waals surface area contributed by atoms with Crippen molar-refractivity contribution in [1.82, 2.24) is 5.43 Å². The average Bonchev–Trinajstić information content (AvgIpc) is 2.50. The van der Waals surface area contributed by atoms with Crippen LogP contribution in [0, 0.1) is 11.6 Å². The minimum absolute atomic E-state index is 0. The second-order valence-corrected chi connectivity index (χ2v) is 4.19. The van der Waals surface area contributed by atoms with Crippen LogP contribution in [0.4, 0.5) is 8.78 Å². The number of halogens is 3. The third-order valence-electron chi connectivity index (χ3n) is 2.76. The van der Waals surface area contributed by atoms with Crippen molar-refractivity contribution in [3.8, 4) is 0 Å². The van der Waals surface area contributed by atoms with Crippen LogP contribution in [0.15, 0.2) is 58.6 Å². The van der Waals surface area contributed by atoms with Crippen molar-refractivity contribution in [3.63, 3.8) is 0 Å². The highest BCUT2D eigenvalue weighted by Crippen LogP contribution is 2.12. The number of hydrogen-bond acceptors (Lipinski definition) is 2. The summed E-state index contributed by atoms with van der Waals surface area (Å²) in [6.07, 6.45) is 0. The van der Waals surface area contributed by atoms with E-state index in [2.05, 4.69) is 15.5 Å². The smallest absolute Gasteiger partial charge is 0.209 e. The number of benzene rings is 2. The molecular weight excluding hydrogens is 310 g/mol. The summed E-state index contributed by atoms with van der Waals surface area (Å²) in [5.74, 6) is -0.559. The number of guanidine groups is 1. The number of hydrazone groups is 1. The van der Waals surface area contributed by atoms with Gasteiger partial charge in [-0.1, -0.05) is 0 Å². The molecule has 0 saturated carbocycles. The van der Waals surface area contributed by atoms with E-state index >= 15 is 0 Å². The van der Waals surface area contributed by atoms with E-state index in [9.17, 15) is 8.78 Å². The van der Waals surface area contributed by atoms with Crippen LogP contribution in [0.2, 0.25) is 0 Å². The zero-order valence-corrected chi connectivity index (χ0v) is 12.6. The van der Waals surface area contributed by atoms with Crippen LogP contribution in [0.5, 0.6) is 0 Å². The molecule has 0 aromatic heterocycles. The molecule has 2 rings (SSSR count). The van der Waals surface area contributed by atoms with Gasteiger partial charge in [-0.15, -0.1) is 12.4 Å². The number of aliphatic imine (C=N–C) groups is 1. The summed E-state index contributed by atoms with van der Waals surface area (Å²) in [5, 5.41) is 4.16. The number of nitrogens with one attached hydrogen (secondary N) is 1. The fourth-order valence-corrected chi connectivity index (χ4v) is 1.67. The van der Waals surface area contributed by atoms with Crippen molar-refractivity contribution in [2.24, 2.45) is 15.8 Å². The SMILES string of the molecule is CN=C(N)NN=C(c1ccc(F)cc1)c1ccc(F)cc1.Cl. The van der Waals surface area contributed by atoms with E-state index in [1.165, 1.54) is 31.3 Å². The molecule has 0 amide bonds. The van der Waals surface area contributed by atoms with Gasteiger partial charge >= 0.3 is 0 Å². The maximum absolute atomic E-state index is 13.0. The Morgan fingerprint density at radius 1 is 0.909 bits per heavy atom. The van der Waals surface area contributed by atoms with Gasteiger partial charge < -0.3 is 5.73 Å². The van der Waals surface area contributed by atoms with Gasteiger partial charge in [0.25, 0.3) is 0 Å². The van der Waals surface area contributed by atoms with Crippen LogP contribution < -0.4 is 11.2 Å². The van der Waals surface area contributed by atoms with Crippen LogP contribution in [0.3, 0.4) is 0 Å². The zero-order chi connectivity index (χ0) is 15.2. The Labute approximate surface area is 133 Å². The molecule has 2 aromatic rings. The van der Waals surface area contributed by atoms with E-state index in [1.807, 2.05) is 0 Å². The highest BCUT2D eigenvalue weighted by Gasteiger charge is 2.08. The van der Waals surface area contributed by atoms with E-state index < -0.39 is 0 Å². The second kappa shape index (κ2) is 8.09. The minimum atomic E-state index is -0.347. The summed E-state index contributed by atoms with van der Waals surface area (Å²) in [4.78, 5) is 3.73. The van der Waals surface area contributed by atoms with Crippen molar-refractivity contribution in [2.75, 3.05) is 7.05 Å². The molecule has 0 atom stereocenters. The van der Waals surface area contributed by atoms with Crippen LogP contribution in [-0.2, 0) is 0 Å². The predicted molar refractivity (Wildman–Crippen MR) is 86.4 cm³/mol. The number of nitrogens with two attached hydrogens (primary N) is 1. The maximum Gasteiger partial charge on any atom is 0.209 e. The second-order valence-electron chi connectivity index (χ2n) is 4.19. The highest BCUT2D eigenvalue weighted by molar-refractivity contribution is 6.13.